The first kappa shape index (κ1) is 15.0. The number of hydrogen-bond donors (Lipinski definition) is 4. The lowest BCUT2D eigenvalue weighted by Gasteiger charge is -2.17. The second kappa shape index (κ2) is 6.75. The summed E-state index contributed by atoms with van der Waals surface area (Å²) in [4.78, 5) is 22.4. The Bertz CT molecular complexity index is 460. The Hall–Kier alpha value is -2.08. The number of amides is 2. The number of carbonyl (C=O) groups is 2. The zero-order valence-electron chi connectivity index (χ0n) is 10.9. The highest BCUT2D eigenvalue weighted by Crippen LogP contribution is 2.05. The van der Waals surface area contributed by atoms with E-state index in [1.54, 1.807) is 0 Å². The molecule has 2 atom stereocenters. The zero-order valence-corrected chi connectivity index (χ0v) is 10.9. The quantitative estimate of drug-likeness (QED) is 0.628. The fourth-order valence-electron chi connectivity index (χ4n) is 1.56. The van der Waals surface area contributed by atoms with Gasteiger partial charge in [-0.3, -0.25) is 0 Å². The Kier molecular flexibility index (Phi) is 5.32. The van der Waals surface area contributed by atoms with E-state index in [0.717, 1.165) is 11.1 Å². The maximum atomic E-state index is 11.6. The van der Waals surface area contributed by atoms with Crippen molar-refractivity contribution >= 4 is 12.0 Å². The second-order valence-corrected chi connectivity index (χ2v) is 4.31. The van der Waals surface area contributed by atoms with Crippen molar-refractivity contribution in [3.63, 3.8) is 0 Å². The first-order chi connectivity index (χ1) is 8.91. The Morgan fingerprint density at radius 2 is 1.95 bits per heavy atom. The van der Waals surface area contributed by atoms with Crippen LogP contribution in [0.4, 0.5) is 4.79 Å². The molecule has 104 valence electrons. The molecule has 0 spiro atoms. The van der Waals surface area contributed by atoms with Crippen LogP contribution in [0.1, 0.15) is 18.1 Å². The number of rotatable bonds is 5. The van der Waals surface area contributed by atoms with Gasteiger partial charge in [-0.1, -0.05) is 24.3 Å². The molecule has 0 radical (unpaired) electrons. The molecule has 6 heteroatoms. The van der Waals surface area contributed by atoms with Gasteiger partial charge in [-0.2, -0.15) is 0 Å². The molecule has 0 saturated carbocycles. The average molecular weight is 266 g/mol. The summed E-state index contributed by atoms with van der Waals surface area (Å²) < 4.78 is 0. The van der Waals surface area contributed by atoms with Gasteiger partial charge in [0.2, 0.25) is 0 Å². The van der Waals surface area contributed by atoms with Gasteiger partial charge in [0.15, 0.2) is 6.04 Å². The molecule has 0 bridgehead atoms. The summed E-state index contributed by atoms with van der Waals surface area (Å²) in [6.45, 7) is 3.52. The van der Waals surface area contributed by atoms with Crippen molar-refractivity contribution in [2.75, 3.05) is 0 Å². The molecule has 2 amide bonds. The first-order valence-electron chi connectivity index (χ1n) is 5.91. The number of carboxylic acid groups (broad SMARTS) is 1. The zero-order chi connectivity index (χ0) is 14.4. The number of aliphatic hydroxyl groups is 1. The van der Waals surface area contributed by atoms with Crippen LogP contribution in [0, 0.1) is 6.92 Å². The number of nitrogens with one attached hydrogen (secondary N) is 2. The van der Waals surface area contributed by atoms with Gasteiger partial charge in [-0.25, -0.2) is 9.59 Å². The molecule has 0 unspecified atom stereocenters. The topological polar surface area (TPSA) is 98.7 Å². The Morgan fingerprint density at radius 1 is 1.32 bits per heavy atom. The minimum atomic E-state index is -1.32. The number of hydrogen-bond acceptors (Lipinski definition) is 3. The van der Waals surface area contributed by atoms with Gasteiger partial charge in [-0.05, 0) is 25.0 Å². The standard InChI is InChI=1S/C13H18N2O4/c1-8-5-3-4-6-10(8)7-14-13(19)15-11(9(2)16)12(17)18/h3-6,9,11,16H,7H2,1-2H3,(H,17,18)(H2,14,15,19)/t9-,11+/m1/s1. The lowest BCUT2D eigenvalue weighted by molar-refractivity contribution is -0.141. The molecule has 19 heavy (non-hydrogen) atoms. The highest BCUT2D eigenvalue weighted by molar-refractivity contribution is 5.82. The third-order valence-electron chi connectivity index (χ3n) is 2.74. The average Bonchev–Trinajstić information content (AvgIpc) is 2.34. The van der Waals surface area contributed by atoms with Crippen LogP contribution < -0.4 is 10.6 Å². The van der Waals surface area contributed by atoms with Crippen LogP contribution in [-0.2, 0) is 11.3 Å². The number of urea groups is 1. The predicted molar refractivity (Wildman–Crippen MR) is 69.7 cm³/mol. The maximum Gasteiger partial charge on any atom is 0.328 e. The molecule has 0 aromatic heterocycles. The number of aryl methyl sites for hydroxylation is 1. The van der Waals surface area contributed by atoms with Crippen LogP contribution in [0.15, 0.2) is 24.3 Å². The molecular weight excluding hydrogens is 248 g/mol. The number of carboxylic acids is 1. The number of aliphatic hydroxyl groups excluding tert-OH is 1. The Morgan fingerprint density at radius 3 is 2.47 bits per heavy atom. The summed E-state index contributed by atoms with van der Waals surface area (Å²) in [5, 5.41) is 22.8. The van der Waals surface area contributed by atoms with E-state index >= 15 is 0 Å². The lowest BCUT2D eigenvalue weighted by atomic mass is 10.1. The molecule has 6 nitrogen and oxygen atoms in total. The minimum Gasteiger partial charge on any atom is -0.480 e. The lowest BCUT2D eigenvalue weighted by Crippen LogP contribution is -2.51. The Labute approximate surface area is 111 Å². The molecule has 0 aliphatic heterocycles. The van der Waals surface area contributed by atoms with Crippen molar-refractivity contribution in [3.05, 3.63) is 35.4 Å². The van der Waals surface area contributed by atoms with E-state index in [2.05, 4.69) is 10.6 Å². The van der Waals surface area contributed by atoms with Gasteiger partial charge in [0.1, 0.15) is 0 Å². The summed E-state index contributed by atoms with van der Waals surface area (Å²) in [6.07, 6.45) is -1.17. The van der Waals surface area contributed by atoms with Gasteiger partial charge in [0.25, 0.3) is 0 Å². The van der Waals surface area contributed by atoms with Crippen LogP contribution in [-0.4, -0.2) is 34.4 Å². The molecule has 0 fully saturated rings. The summed E-state index contributed by atoms with van der Waals surface area (Å²) in [7, 11) is 0. The molecule has 1 aromatic rings. The second-order valence-electron chi connectivity index (χ2n) is 4.31. The van der Waals surface area contributed by atoms with Crippen molar-refractivity contribution < 1.29 is 19.8 Å². The van der Waals surface area contributed by atoms with E-state index in [1.807, 2.05) is 31.2 Å². The van der Waals surface area contributed by atoms with Crippen LogP contribution >= 0.6 is 0 Å². The van der Waals surface area contributed by atoms with E-state index in [1.165, 1.54) is 6.92 Å². The van der Waals surface area contributed by atoms with E-state index in [4.69, 9.17) is 5.11 Å². The fraction of sp³-hybridized carbons (Fsp3) is 0.385. The summed E-state index contributed by atoms with van der Waals surface area (Å²) in [6, 6.07) is 5.60. The van der Waals surface area contributed by atoms with Gasteiger partial charge in [0, 0.05) is 6.54 Å². The number of carbonyl (C=O) groups excluding carboxylic acids is 1. The molecular formula is C13H18N2O4. The van der Waals surface area contributed by atoms with Crippen molar-refractivity contribution in [3.8, 4) is 0 Å². The highest BCUT2D eigenvalue weighted by Gasteiger charge is 2.24. The largest absolute Gasteiger partial charge is 0.480 e. The normalized spacial score (nSPS) is 13.4. The predicted octanol–water partition coefficient (Wildman–Crippen LogP) is 0.628. The van der Waals surface area contributed by atoms with Crippen LogP contribution in [0.3, 0.4) is 0 Å². The van der Waals surface area contributed by atoms with E-state index in [9.17, 15) is 14.7 Å². The smallest absolute Gasteiger partial charge is 0.328 e. The fourth-order valence-corrected chi connectivity index (χ4v) is 1.56. The SMILES string of the molecule is Cc1ccccc1CNC(=O)N[C@H](C(=O)O)[C@@H](C)O. The molecule has 4 N–H and O–H groups in total. The summed E-state index contributed by atoms with van der Waals surface area (Å²) in [5.41, 5.74) is 1.98. The highest BCUT2D eigenvalue weighted by atomic mass is 16.4. The van der Waals surface area contributed by atoms with Crippen molar-refractivity contribution in [1.29, 1.82) is 0 Å². The minimum absolute atomic E-state index is 0.296. The molecule has 0 aliphatic rings. The molecule has 1 aromatic carbocycles. The van der Waals surface area contributed by atoms with Crippen LogP contribution in [0.2, 0.25) is 0 Å². The number of aliphatic carboxylic acids is 1. The summed E-state index contributed by atoms with van der Waals surface area (Å²) in [5.74, 6) is -1.28. The molecule has 0 aliphatic carbocycles. The summed E-state index contributed by atoms with van der Waals surface area (Å²) >= 11 is 0. The monoisotopic (exact) mass is 266 g/mol. The number of benzene rings is 1. The maximum absolute atomic E-state index is 11.6. The van der Waals surface area contributed by atoms with E-state index < -0.39 is 24.1 Å². The van der Waals surface area contributed by atoms with Crippen LogP contribution in [0.5, 0.6) is 0 Å². The van der Waals surface area contributed by atoms with Crippen molar-refractivity contribution in [1.82, 2.24) is 10.6 Å². The Balaban J connectivity index is 2.52. The molecule has 1 rings (SSSR count). The first-order valence-corrected chi connectivity index (χ1v) is 5.91. The van der Waals surface area contributed by atoms with Crippen molar-refractivity contribution in [2.45, 2.75) is 32.5 Å². The van der Waals surface area contributed by atoms with Gasteiger partial charge < -0.3 is 20.8 Å². The van der Waals surface area contributed by atoms with Gasteiger partial charge >= 0.3 is 12.0 Å². The van der Waals surface area contributed by atoms with E-state index in [-0.39, 0.29) is 0 Å². The third-order valence-corrected chi connectivity index (χ3v) is 2.74. The molecule has 0 saturated heterocycles. The van der Waals surface area contributed by atoms with Gasteiger partial charge in [-0.15, -0.1) is 0 Å². The van der Waals surface area contributed by atoms with Gasteiger partial charge in [0.05, 0.1) is 6.10 Å². The van der Waals surface area contributed by atoms with Crippen LogP contribution in [0.25, 0.3) is 0 Å². The van der Waals surface area contributed by atoms with E-state index in [0.29, 0.717) is 6.54 Å². The molecule has 0 heterocycles. The third kappa shape index (κ3) is 4.59. The van der Waals surface area contributed by atoms with Crippen molar-refractivity contribution in [2.24, 2.45) is 0 Å².